The van der Waals surface area contributed by atoms with Gasteiger partial charge in [0.2, 0.25) is 5.43 Å². The Bertz CT molecular complexity index is 1050. The van der Waals surface area contributed by atoms with Crippen LogP contribution in [0.5, 0.6) is 5.75 Å². The van der Waals surface area contributed by atoms with E-state index in [4.69, 9.17) is 16.2 Å². The lowest BCUT2D eigenvalue weighted by atomic mass is 10.0. The number of carbonyl (C=O) groups is 1. The Labute approximate surface area is 166 Å². The second-order valence-electron chi connectivity index (χ2n) is 7.83. The van der Waals surface area contributed by atoms with Crippen molar-refractivity contribution in [2.45, 2.75) is 31.7 Å². The fourth-order valence-corrected chi connectivity index (χ4v) is 4.34. The van der Waals surface area contributed by atoms with Crippen LogP contribution in [0.25, 0.3) is 10.9 Å². The van der Waals surface area contributed by atoms with Crippen molar-refractivity contribution < 1.29 is 19.0 Å². The number of nitrogens with zero attached hydrogens (tertiary/aromatic N) is 2. The van der Waals surface area contributed by atoms with Gasteiger partial charge >= 0.3 is 5.97 Å². The summed E-state index contributed by atoms with van der Waals surface area (Å²) in [5.41, 5.74) is 10.8. The summed E-state index contributed by atoms with van der Waals surface area (Å²) in [5, 5.41) is 9.32. The number of aromatic carboxylic acids is 1. The van der Waals surface area contributed by atoms with E-state index in [1.165, 1.54) is 13.3 Å². The minimum Gasteiger partial charge on any atom is -0.492 e. The monoisotopic (exact) mass is 404 g/mol. The molecule has 156 valence electrons. The maximum atomic E-state index is 15.4. The summed E-state index contributed by atoms with van der Waals surface area (Å²) in [6, 6.07) is 0.0337. The quantitative estimate of drug-likeness (QED) is 0.629. The highest BCUT2D eigenvalue weighted by Gasteiger charge is 2.34. The van der Waals surface area contributed by atoms with E-state index >= 15 is 4.39 Å². The molecular weight excluding hydrogens is 379 g/mol. The Morgan fingerprint density at radius 3 is 2.69 bits per heavy atom. The van der Waals surface area contributed by atoms with Crippen molar-refractivity contribution in [3.05, 3.63) is 27.8 Å². The van der Waals surface area contributed by atoms with Crippen LogP contribution in [0.15, 0.2) is 11.0 Å². The van der Waals surface area contributed by atoms with Crippen LogP contribution < -0.4 is 26.5 Å². The SMILES string of the molecule is COc1c(N2CCC(CCN)C2)c(F)c(N)c2c(=O)c(C(=O)O)cn(C3CC3)c12. The molecule has 1 unspecified atom stereocenters. The third kappa shape index (κ3) is 3.09. The van der Waals surface area contributed by atoms with Crippen molar-refractivity contribution in [2.75, 3.05) is 37.4 Å². The predicted octanol–water partition coefficient (Wildman–Crippen LogP) is 1.94. The van der Waals surface area contributed by atoms with Crippen molar-refractivity contribution in [1.29, 1.82) is 0 Å². The van der Waals surface area contributed by atoms with Crippen LogP contribution in [0.3, 0.4) is 0 Å². The highest BCUT2D eigenvalue weighted by Crippen LogP contribution is 2.46. The van der Waals surface area contributed by atoms with E-state index in [2.05, 4.69) is 0 Å². The lowest BCUT2D eigenvalue weighted by Crippen LogP contribution is -2.25. The van der Waals surface area contributed by atoms with E-state index in [0.29, 0.717) is 31.1 Å². The molecule has 0 amide bonds. The highest BCUT2D eigenvalue weighted by atomic mass is 19.1. The van der Waals surface area contributed by atoms with E-state index in [1.54, 1.807) is 4.57 Å². The summed E-state index contributed by atoms with van der Waals surface area (Å²) in [6.07, 6.45) is 4.74. The molecule has 1 aromatic heterocycles. The number of methoxy groups -OCH3 is 1. The lowest BCUT2D eigenvalue weighted by Gasteiger charge is -2.26. The molecule has 8 nitrogen and oxygen atoms in total. The van der Waals surface area contributed by atoms with Crippen LogP contribution >= 0.6 is 0 Å². The van der Waals surface area contributed by atoms with Crippen LogP contribution in [-0.4, -0.2) is 42.4 Å². The van der Waals surface area contributed by atoms with Gasteiger partial charge in [0, 0.05) is 25.3 Å². The number of hydrogen-bond donors (Lipinski definition) is 3. The number of nitrogen functional groups attached to an aromatic ring is 1. The first kappa shape index (κ1) is 19.5. The zero-order valence-electron chi connectivity index (χ0n) is 16.3. The number of fused-ring (bicyclic) bond motifs is 1. The predicted molar refractivity (Wildman–Crippen MR) is 108 cm³/mol. The summed E-state index contributed by atoms with van der Waals surface area (Å²) in [6.45, 7) is 1.82. The van der Waals surface area contributed by atoms with Gasteiger partial charge in [-0.25, -0.2) is 9.18 Å². The number of carboxylic acids is 1. The van der Waals surface area contributed by atoms with Gasteiger partial charge in [-0.05, 0) is 38.1 Å². The Hall–Kier alpha value is -2.81. The Morgan fingerprint density at radius 2 is 2.10 bits per heavy atom. The topological polar surface area (TPSA) is 124 Å². The molecule has 1 atom stereocenters. The molecule has 0 spiro atoms. The molecule has 1 saturated carbocycles. The molecule has 1 saturated heterocycles. The molecular formula is C20H25FN4O4. The standard InChI is InChI=1S/C20H25FN4O4/c1-29-19-16-13(18(26)12(20(27)28)9-25(16)11-2-3-11)15(23)14(21)17(19)24-7-5-10(8-24)4-6-22/h9-11H,2-8,22-23H2,1H3,(H,27,28). The number of ether oxygens (including phenoxy) is 1. The molecule has 2 heterocycles. The number of benzene rings is 1. The van der Waals surface area contributed by atoms with Crippen LogP contribution in [-0.2, 0) is 0 Å². The maximum Gasteiger partial charge on any atom is 0.341 e. The first-order valence-corrected chi connectivity index (χ1v) is 9.81. The third-order valence-corrected chi connectivity index (χ3v) is 5.93. The van der Waals surface area contributed by atoms with Crippen molar-refractivity contribution in [1.82, 2.24) is 4.57 Å². The Balaban J connectivity index is 2.01. The summed E-state index contributed by atoms with van der Waals surface area (Å²) in [4.78, 5) is 26.3. The molecule has 29 heavy (non-hydrogen) atoms. The molecule has 2 fully saturated rings. The largest absolute Gasteiger partial charge is 0.492 e. The molecule has 9 heteroatoms. The molecule has 5 N–H and O–H groups in total. The number of carboxylic acid groups (broad SMARTS) is 1. The van der Waals surface area contributed by atoms with Gasteiger partial charge in [0.25, 0.3) is 0 Å². The van der Waals surface area contributed by atoms with E-state index in [0.717, 1.165) is 25.7 Å². The number of pyridine rings is 1. The van der Waals surface area contributed by atoms with Gasteiger partial charge in [0.15, 0.2) is 11.6 Å². The molecule has 1 aliphatic heterocycles. The third-order valence-electron chi connectivity index (χ3n) is 5.93. The van der Waals surface area contributed by atoms with Gasteiger partial charge in [0.1, 0.15) is 11.3 Å². The summed E-state index contributed by atoms with van der Waals surface area (Å²) >= 11 is 0. The second-order valence-corrected chi connectivity index (χ2v) is 7.83. The van der Waals surface area contributed by atoms with E-state index in [-0.39, 0.29) is 28.6 Å². The Morgan fingerprint density at radius 1 is 1.38 bits per heavy atom. The van der Waals surface area contributed by atoms with Gasteiger partial charge < -0.3 is 30.8 Å². The number of halogens is 1. The number of hydrogen-bond acceptors (Lipinski definition) is 6. The molecule has 2 aliphatic rings. The number of rotatable bonds is 6. The fraction of sp³-hybridized carbons (Fsp3) is 0.500. The smallest absolute Gasteiger partial charge is 0.341 e. The Kier molecular flexibility index (Phi) is 4.85. The molecule has 1 aromatic carbocycles. The first-order chi connectivity index (χ1) is 13.9. The van der Waals surface area contributed by atoms with Gasteiger partial charge in [-0.3, -0.25) is 4.79 Å². The zero-order chi connectivity index (χ0) is 20.9. The van der Waals surface area contributed by atoms with Crippen molar-refractivity contribution in [2.24, 2.45) is 11.7 Å². The molecule has 2 aromatic rings. The molecule has 0 radical (unpaired) electrons. The molecule has 0 bridgehead atoms. The first-order valence-electron chi connectivity index (χ1n) is 9.81. The minimum atomic E-state index is -1.36. The van der Waals surface area contributed by atoms with E-state index in [1.807, 2.05) is 4.90 Å². The average Bonchev–Trinajstić information content (AvgIpc) is 3.43. The van der Waals surface area contributed by atoms with Crippen molar-refractivity contribution in [3.8, 4) is 5.75 Å². The van der Waals surface area contributed by atoms with Gasteiger partial charge in [-0.2, -0.15) is 0 Å². The summed E-state index contributed by atoms with van der Waals surface area (Å²) in [7, 11) is 1.42. The van der Waals surface area contributed by atoms with Gasteiger partial charge in [-0.15, -0.1) is 0 Å². The molecule has 4 rings (SSSR count). The van der Waals surface area contributed by atoms with Gasteiger partial charge in [0.05, 0.1) is 23.7 Å². The van der Waals surface area contributed by atoms with Crippen molar-refractivity contribution >= 4 is 28.2 Å². The number of anilines is 2. The molecule has 1 aliphatic carbocycles. The normalized spacial score (nSPS) is 19.1. The van der Waals surface area contributed by atoms with Crippen molar-refractivity contribution in [3.63, 3.8) is 0 Å². The van der Waals surface area contributed by atoms with Crippen LogP contribution in [0, 0.1) is 11.7 Å². The lowest BCUT2D eigenvalue weighted by molar-refractivity contribution is 0.0695. The minimum absolute atomic E-state index is 0.0337. The second kappa shape index (κ2) is 7.22. The number of nitrogens with two attached hydrogens (primary N) is 2. The zero-order valence-corrected chi connectivity index (χ0v) is 16.3. The summed E-state index contributed by atoms with van der Waals surface area (Å²) in [5.74, 6) is -1.54. The highest BCUT2D eigenvalue weighted by molar-refractivity contribution is 6.03. The summed E-state index contributed by atoms with van der Waals surface area (Å²) < 4.78 is 22.8. The average molecular weight is 404 g/mol. The van der Waals surface area contributed by atoms with Crippen LogP contribution in [0.1, 0.15) is 42.1 Å². The van der Waals surface area contributed by atoms with Gasteiger partial charge in [-0.1, -0.05) is 0 Å². The van der Waals surface area contributed by atoms with E-state index in [9.17, 15) is 14.7 Å². The number of aromatic nitrogens is 1. The maximum absolute atomic E-state index is 15.4. The van der Waals surface area contributed by atoms with E-state index < -0.39 is 22.8 Å². The van der Waals surface area contributed by atoms with Crippen LogP contribution in [0.2, 0.25) is 0 Å². The van der Waals surface area contributed by atoms with Crippen LogP contribution in [0.4, 0.5) is 15.8 Å². The fourth-order valence-electron chi connectivity index (χ4n) is 4.34.